The largest absolute Gasteiger partial charge is 0.493 e. The predicted octanol–water partition coefficient (Wildman–Crippen LogP) is 3.20. The Morgan fingerprint density at radius 2 is 1.56 bits per heavy atom. The van der Waals surface area contributed by atoms with E-state index < -0.39 is 0 Å². The highest BCUT2D eigenvalue weighted by molar-refractivity contribution is 5.74. The maximum atomic E-state index is 12.5. The van der Waals surface area contributed by atoms with Gasteiger partial charge in [-0.05, 0) is 29.8 Å². The van der Waals surface area contributed by atoms with E-state index in [4.69, 9.17) is 14.2 Å². The molecular formula is C25H29N5O4. The lowest BCUT2D eigenvalue weighted by Crippen LogP contribution is -2.51. The Balaban J connectivity index is 1.36. The summed E-state index contributed by atoms with van der Waals surface area (Å²) in [5, 5.41) is 11.8. The molecule has 2 amide bonds. The normalized spacial score (nSPS) is 13.4. The molecule has 1 aliphatic rings. The molecule has 1 aliphatic heterocycles. The highest BCUT2D eigenvalue weighted by atomic mass is 16.5. The first-order valence-corrected chi connectivity index (χ1v) is 11.1. The topological polar surface area (TPSA) is 89.1 Å². The van der Waals surface area contributed by atoms with Crippen LogP contribution in [0.25, 0.3) is 11.3 Å². The summed E-state index contributed by atoms with van der Waals surface area (Å²) in [5.74, 6) is 2.43. The molecule has 2 heterocycles. The van der Waals surface area contributed by atoms with E-state index in [9.17, 15) is 4.79 Å². The Hall–Kier alpha value is -4.01. The van der Waals surface area contributed by atoms with Crippen LogP contribution in [0.1, 0.15) is 5.56 Å². The summed E-state index contributed by atoms with van der Waals surface area (Å²) < 4.78 is 16.3. The van der Waals surface area contributed by atoms with E-state index in [1.165, 1.54) is 0 Å². The van der Waals surface area contributed by atoms with Crippen LogP contribution in [-0.2, 0) is 6.54 Å². The second kappa shape index (κ2) is 10.7. The van der Waals surface area contributed by atoms with Crippen LogP contribution >= 0.6 is 0 Å². The van der Waals surface area contributed by atoms with E-state index in [1.807, 2.05) is 59.5 Å². The van der Waals surface area contributed by atoms with Gasteiger partial charge in [-0.2, -0.15) is 0 Å². The fourth-order valence-corrected chi connectivity index (χ4v) is 3.90. The van der Waals surface area contributed by atoms with Gasteiger partial charge in [-0.3, -0.25) is 0 Å². The van der Waals surface area contributed by atoms with Crippen molar-refractivity contribution in [1.82, 2.24) is 20.4 Å². The van der Waals surface area contributed by atoms with Gasteiger partial charge in [-0.25, -0.2) is 4.79 Å². The zero-order chi connectivity index (χ0) is 23.9. The molecule has 34 heavy (non-hydrogen) atoms. The second-order valence-corrected chi connectivity index (χ2v) is 7.81. The van der Waals surface area contributed by atoms with Crippen molar-refractivity contribution in [3.05, 3.63) is 60.2 Å². The lowest BCUT2D eigenvalue weighted by atomic mass is 10.1. The molecule has 0 radical (unpaired) electrons. The first kappa shape index (κ1) is 23.2. The Morgan fingerprint density at radius 3 is 2.12 bits per heavy atom. The fourth-order valence-electron chi connectivity index (χ4n) is 3.90. The number of carbonyl (C=O) groups excluding carboxylic acids is 1. The predicted molar refractivity (Wildman–Crippen MR) is 130 cm³/mol. The minimum absolute atomic E-state index is 0.0488. The molecular weight excluding hydrogens is 434 g/mol. The minimum Gasteiger partial charge on any atom is -0.493 e. The van der Waals surface area contributed by atoms with Gasteiger partial charge < -0.3 is 29.3 Å². The second-order valence-electron chi connectivity index (χ2n) is 7.81. The lowest BCUT2D eigenvalue weighted by molar-refractivity contribution is 0.194. The quantitative estimate of drug-likeness (QED) is 0.576. The van der Waals surface area contributed by atoms with Gasteiger partial charge >= 0.3 is 6.03 Å². The van der Waals surface area contributed by atoms with E-state index in [0.29, 0.717) is 55.7 Å². The van der Waals surface area contributed by atoms with Crippen molar-refractivity contribution in [2.24, 2.45) is 0 Å². The summed E-state index contributed by atoms with van der Waals surface area (Å²) >= 11 is 0. The van der Waals surface area contributed by atoms with Crippen LogP contribution in [0.3, 0.4) is 0 Å². The monoisotopic (exact) mass is 463 g/mol. The third-order valence-corrected chi connectivity index (χ3v) is 5.79. The van der Waals surface area contributed by atoms with Crippen LogP contribution in [0.15, 0.2) is 54.6 Å². The van der Waals surface area contributed by atoms with Gasteiger partial charge in [0.05, 0.1) is 27.0 Å². The number of nitrogens with zero attached hydrogens (tertiary/aromatic N) is 4. The molecule has 2 aromatic carbocycles. The number of urea groups is 1. The van der Waals surface area contributed by atoms with Crippen molar-refractivity contribution >= 4 is 11.8 Å². The molecule has 0 spiro atoms. The number of carbonyl (C=O) groups is 1. The fraction of sp³-hybridized carbons (Fsp3) is 0.320. The van der Waals surface area contributed by atoms with Gasteiger partial charge in [0.15, 0.2) is 17.3 Å². The third kappa shape index (κ3) is 5.14. The molecule has 0 aliphatic carbocycles. The number of hydrogen-bond acceptors (Lipinski definition) is 7. The van der Waals surface area contributed by atoms with Crippen LogP contribution in [0.2, 0.25) is 0 Å². The van der Waals surface area contributed by atoms with E-state index in [-0.39, 0.29) is 6.03 Å². The Morgan fingerprint density at radius 1 is 0.882 bits per heavy atom. The van der Waals surface area contributed by atoms with E-state index in [0.717, 1.165) is 16.9 Å². The molecule has 0 bridgehead atoms. The van der Waals surface area contributed by atoms with Gasteiger partial charge in [-0.1, -0.05) is 30.3 Å². The molecule has 3 aromatic rings. The first-order chi connectivity index (χ1) is 16.6. The number of piperazine rings is 1. The summed E-state index contributed by atoms with van der Waals surface area (Å²) in [5.41, 5.74) is 2.59. The molecule has 1 aromatic heterocycles. The maximum Gasteiger partial charge on any atom is 0.317 e. The third-order valence-electron chi connectivity index (χ3n) is 5.79. The molecule has 1 N–H and O–H groups in total. The number of amides is 2. The van der Waals surface area contributed by atoms with Crippen molar-refractivity contribution in [3.63, 3.8) is 0 Å². The van der Waals surface area contributed by atoms with Crippen molar-refractivity contribution < 1.29 is 19.0 Å². The van der Waals surface area contributed by atoms with Crippen LogP contribution in [0.5, 0.6) is 17.2 Å². The number of rotatable bonds is 7. The number of nitrogens with one attached hydrogen (secondary N) is 1. The molecule has 0 atom stereocenters. The highest BCUT2D eigenvalue weighted by Crippen LogP contribution is 2.40. The molecule has 4 rings (SSSR count). The summed E-state index contributed by atoms with van der Waals surface area (Å²) in [4.78, 5) is 16.5. The van der Waals surface area contributed by atoms with Crippen LogP contribution in [-0.4, -0.2) is 68.6 Å². The van der Waals surface area contributed by atoms with Crippen molar-refractivity contribution in [2.75, 3.05) is 52.4 Å². The summed E-state index contributed by atoms with van der Waals surface area (Å²) in [6, 6.07) is 17.4. The zero-order valence-corrected chi connectivity index (χ0v) is 19.7. The first-order valence-electron chi connectivity index (χ1n) is 11.1. The van der Waals surface area contributed by atoms with Gasteiger partial charge in [0.25, 0.3) is 0 Å². The van der Waals surface area contributed by atoms with Crippen molar-refractivity contribution in [1.29, 1.82) is 0 Å². The number of methoxy groups -OCH3 is 3. The lowest BCUT2D eigenvalue weighted by Gasteiger charge is -2.35. The summed E-state index contributed by atoms with van der Waals surface area (Å²) in [7, 11) is 4.73. The van der Waals surface area contributed by atoms with Crippen LogP contribution in [0.4, 0.5) is 10.6 Å². The zero-order valence-electron chi connectivity index (χ0n) is 19.7. The van der Waals surface area contributed by atoms with Crippen LogP contribution in [0, 0.1) is 0 Å². The standard InChI is InChI=1S/C25H29N5O4/c1-32-21-15-19(16-22(33-2)24(21)34-3)20-9-10-23(28-27-20)29-11-13-30(14-12-29)25(31)26-17-18-7-5-4-6-8-18/h4-10,15-16H,11-14,17H2,1-3H3,(H,26,31). The number of benzene rings is 2. The number of aromatic nitrogens is 2. The molecule has 178 valence electrons. The molecule has 0 unspecified atom stereocenters. The number of hydrogen-bond donors (Lipinski definition) is 1. The van der Waals surface area contributed by atoms with E-state index in [2.05, 4.69) is 20.4 Å². The molecule has 9 nitrogen and oxygen atoms in total. The smallest absolute Gasteiger partial charge is 0.317 e. The Bertz CT molecular complexity index is 1080. The highest BCUT2D eigenvalue weighted by Gasteiger charge is 2.22. The van der Waals surface area contributed by atoms with Crippen LogP contribution < -0.4 is 24.4 Å². The Kier molecular flexibility index (Phi) is 7.31. The molecule has 9 heteroatoms. The number of ether oxygens (including phenoxy) is 3. The average molecular weight is 464 g/mol. The maximum absolute atomic E-state index is 12.5. The molecule has 1 saturated heterocycles. The minimum atomic E-state index is -0.0488. The molecule has 0 saturated carbocycles. The van der Waals surface area contributed by atoms with E-state index in [1.54, 1.807) is 21.3 Å². The van der Waals surface area contributed by atoms with Gasteiger partial charge in [0, 0.05) is 38.3 Å². The van der Waals surface area contributed by atoms with Gasteiger partial charge in [0.1, 0.15) is 0 Å². The van der Waals surface area contributed by atoms with Crippen molar-refractivity contribution in [3.8, 4) is 28.5 Å². The summed E-state index contributed by atoms with van der Waals surface area (Å²) in [6.07, 6.45) is 0. The summed E-state index contributed by atoms with van der Waals surface area (Å²) in [6.45, 7) is 3.15. The van der Waals surface area contributed by atoms with Gasteiger partial charge in [-0.15, -0.1) is 10.2 Å². The van der Waals surface area contributed by atoms with Gasteiger partial charge in [0.2, 0.25) is 5.75 Å². The Labute approximate surface area is 199 Å². The molecule has 1 fully saturated rings. The van der Waals surface area contributed by atoms with Crippen molar-refractivity contribution in [2.45, 2.75) is 6.54 Å². The number of anilines is 1. The average Bonchev–Trinajstić information content (AvgIpc) is 2.91. The van der Waals surface area contributed by atoms with E-state index >= 15 is 0 Å². The SMILES string of the molecule is COc1cc(-c2ccc(N3CCN(C(=O)NCc4ccccc4)CC3)nn2)cc(OC)c1OC.